The number of nitrogens with one attached hydrogen (secondary N) is 1. The normalized spacial score (nSPS) is 15.9. The molecule has 0 fully saturated rings. The molecule has 4 rings (SSSR count). The Morgan fingerprint density at radius 3 is 2.41 bits per heavy atom. The van der Waals surface area contributed by atoms with Crippen molar-refractivity contribution in [3.8, 4) is 0 Å². The number of hydrogen-bond donors (Lipinski definition) is 1. The van der Waals surface area contributed by atoms with Gasteiger partial charge in [-0.05, 0) is 35.4 Å². The van der Waals surface area contributed by atoms with Gasteiger partial charge in [-0.15, -0.1) is 0 Å². The van der Waals surface area contributed by atoms with Crippen LogP contribution in [0.3, 0.4) is 0 Å². The number of fused-ring (bicyclic) bond motifs is 1. The van der Waals surface area contributed by atoms with Crippen molar-refractivity contribution in [2.45, 2.75) is 12.5 Å². The lowest BCUT2D eigenvalue weighted by molar-refractivity contribution is -0.384. The molecule has 3 aromatic carbocycles. The highest BCUT2D eigenvalue weighted by Gasteiger charge is 2.21. The molecule has 0 spiro atoms. The average molecular weight is 378 g/mol. The van der Waals surface area contributed by atoms with Gasteiger partial charge in [-0.1, -0.05) is 48.0 Å². The summed E-state index contributed by atoms with van der Waals surface area (Å²) in [5.74, 6) is 0. The molecule has 0 amide bonds. The zero-order chi connectivity index (χ0) is 18.8. The first-order valence-corrected chi connectivity index (χ1v) is 8.91. The van der Waals surface area contributed by atoms with Crippen LogP contribution >= 0.6 is 11.6 Å². The fourth-order valence-electron chi connectivity index (χ4n) is 3.17. The molecule has 1 aliphatic rings. The van der Waals surface area contributed by atoms with Crippen LogP contribution in [0.25, 0.3) is 0 Å². The largest absolute Gasteiger partial charge is 0.376 e. The molecule has 6 heteroatoms. The summed E-state index contributed by atoms with van der Waals surface area (Å²) in [6.45, 7) is 0. The van der Waals surface area contributed by atoms with E-state index in [2.05, 4.69) is 5.32 Å². The van der Waals surface area contributed by atoms with E-state index in [0.29, 0.717) is 11.4 Å². The molecular formula is C21H16ClN3O2. The van der Waals surface area contributed by atoms with E-state index >= 15 is 0 Å². The number of para-hydroxylation sites is 2. The lowest BCUT2D eigenvalue weighted by Crippen LogP contribution is -2.14. The van der Waals surface area contributed by atoms with Crippen LogP contribution in [0.15, 0.2) is 77.8 Å². The maximum absolute atomic E-state index is 10.9. The molecule has 1 aliphatic heterocycles. The Labute approximate surface area is 161 Å². The van der Waals surface area contributed by atoms with Crippen LogP contribution in [-0.2, 0) is 0 Å². The molecule has 27 heavy (non-hydrogen) atoms. The Morgan fingerprint density at radius 2 is 1.70 bits per heavy atom. The Bertz CT molecular complexity index is 1010. The van der Waals surface area contributed by atoms with Crippen LogP contribution in [0.4, 0.5) is 17.1 Å². The maximum Gasteiger partial charge on any atom is 0.269 e. The summed E-state index contributed by atoms with van der Waals surface area (Å²) in [7, 11) is 0. The van der Waals surface area contributed by atoms with Gasteiger partial charge in [-0.3, -0.25) is 15.1 Å². The number of anilines is 1. The van der Waals surface area contributed by atoms with Gasteiger partial charge in [-0.25, -0.2) is 0 Å². The Balaban J connectivity index is 1.75. The van der Waals surface area contributed by atoms with Crippen LogP contribution in [0.1, 0.15) is 23.6 Å². The topological polar surface area (TPSA) is 67.5 Å². The monoisotopic (exact) mass is 377 g/mol. The van der Waals surface area contributed by atoms with Crippen molar-refractivity contribution < 1.29 is 4.92 Å². The van der Waals surface area contributed by atoms with Gasteiger partial charge in [0, 0.05) is 23.6 Å². The number of halogens is 1. The van der Waals surface area contributed by atoms with E-state index in [1.165, 1.54) is 12.1 Å². The van der Waals surface area contributed by atoms with Crippen LogP contribution in [0.5, 0.6) is 0 Å². The van der Waals surface area contributed by atoms with Crippen LogP contribution in [0.2, 0.25) is 5.02 Å². The molecule has 0 aliphatic carbocycles. The van der Waals surface area contributed by atoms with E-state index in [1.54, 1.807) is 12.1 Å². The smallest absolute Gasteiger partial charge is 0.269 e. The van der Waals surface area contributed by atoms with Gasteiger partial charge >= 0.3 is 0 Å². The minimum absolute atomic E-state index is 0.0520. The number of nitro benzene ring substituents is 1. The van der Waals surface area contributed by atoms with Crippen molar-refractivity contribution in [3.63, 3.8) is 0 Å². The third kappa shape index (κ3) is 3.68. The molecule has 0 bridgehead atoms. The zero-order valence-corrected chi connectivity index (χ0v) is 15.1. The van der Waals surface area contributed by atoms with Crippen molar-refractivity contribution in [2.75, 3.05) is 5.32 Å². The van der Waals surface area contributed by atoms with Crippen molar-refractivity contribution >= 4 is 34.4 Å². The first kappa shape index (κ1) is 17.2. The van der Waals surface area contributed by atoms with Crippen molar-refractivity contribution in [2.24, 2.45) is 4.99 Å². The van der Waals surface area contributed by atoms with Crippen molar-refractivity contribution in [3.05, 3.63) is 99.1 Å². The fraction of sp³-hybridized carbons (Fsp3) is 0.0952. The molecule has 5 nitrogen and oxygen atoms in total. The van der Waals surface area contributed by atoms with E-state index in [-0.39, 0.29) is 16.7 Å². The highest BCUT2D eigenvalue weighted by atomic mass is 35.5. The number of aliphatic imine (C=N–C) groups is 1. The quantitative estimate of drug-likeness (QED) is 0.454. The Hall–Kier alpha value is -3.18. The highest BCUT2D eigenvalue weighted by Crippen LogP contribution is 2.35. The number of nitrogens with zero attached hydrogens (tertiary/aromatic N) is 2. The predicted molar refractivity (Wildman–Crippen MR) is 108 cm³/mol. The Kier molecular flexibility index (Phi) is 4.60. The zero-order valence-electron chi connectivity index (χ0n) is 14.3. The summed E-state index contributed by atoms with van der Waals surface area (Å²) >= 11 is 6.02. The van der Waals surface area contributed by atoms with Crippen LogP contribution < -0.4 is 5.32 Å². The molecule has 0 aromatic heterocycles. The summed E-state index contributed by atoms with van der Waals surface area (Å²) < 4.78 is 0. The summed E-state index contributed by atoms with van der Waals surface area (Å²) in [4.78, 5) is 15.4. The van der Waals surface area contributed by atoms with E-state index < -0.39 is 0 Å². The lowest BCUT2D eigenvalue weighted by Gasteiger charge is -2.19. The van der Waals surface area contributed by atoms with Gasteiger partial charge in [-0.2, -0.15) is 0 Å². The van der Waals surface area contributed by atoms with Crippen molar-refractivity contribution in [1.82, 2.24) is 0 Å². The summed E-state index contributed by atoms with van der Waals surface area (Å²) in [6, 6.07) is 22.1. The van der Waals surface area contributed by atoms with Gasteiger partial charge in [0.15, 0.2) is 0 Å². The first-order valence-electron chi connectivity index (χ1n) is 8.53. The summed E-state index contributed by atoms with van der Waals surface area (Å²) in [5, 5.41) is 15.1. The van der Waals surface area contributed by atoms with E-state index in [1.807, 2.05) is 48.5 Å². The maximum atomic E-state index is 10.9. The minimum atomic E-state index is -0.389. The van der Waals surface area contributed by atoms with Crippen molar-refractivity contribution in [1.29, 1.82) is 0 Å². The first-order chi connectivity index (χ1) is 13.1. The molecule has 1 N–H and O–H groups in total. The van der Waals surface area contributed by atoms with Gasteiger partial charge in [0.05, 0.1) is 28.1 Å². The highest BCUT2D eigenvalue weighted by molar-refractivity contribution is 6.30. The molecule has 0 saturated carbocycles. The second-order valence-corrected chi connectivity index (χ2v) is 6.77. The second kappa shape index (κ2) is 7.21. The second-order valence-electron chi connectivity index (χ2n) is 6.33. The van der Waals surface area contributed by atoms with E-state index in [9.17, 15) is 10.1 Å². The third-order valence-electron chi connectivity index (χ3n) is 4.57. The minimum Gasteiger partial charge on any atom is -0.376 e. The fourth-order valence-corrected chi connectivity index (χ4v) is 3.30. The molecule has 0 saturated heterocycles. The SMILES string of the molecule is O=[N+]([O-])c1ccc(C2CC(c3ccc(Cl)cc3)=Nc3ccccc3N2)cc1. The lowest BCUT2D eigenvalue weighted by atomic mass is 9.97. The van der Waals surface area contributed by atoms with Gasteiger partial charge in [0.1, 0.15) is 0 Å². The van der Waals surface area contributed by atoms with E-state index in [0.717, 1.165) is 28.2 Å². The molecule has 0 radical (unpaired) electrons. The molecule has 134 valence electrons. The molecule has 1 atom stereocenters. The molecule has 1 heterocycles. The van der Waals surface area contributed by atoms with Crippen LogP contribution in [0, 0.1) is 10.1 Å². The van der Waals surface area contributed by atoms with E-state index in [4.69, 9.17) is 16.6 Å². The standard InChI is InChI=1S/C21H16ClN3O2/c22-16-9-5-14(6-10-16)20-13-21(15-7-11-17(12-8-15)25(26)27)24-19-4-2-1-3-18(19)23-20/h1-12,21,24H,13H2. The van der Waals surface area contributed by atoms with Gasteiger partial charge in [0.2, 0.25) is 0 Å². The molecule has 1 unspecified atom stereocenters. The number of benzene rings is 3. The molecular weight excluding hydrogens is 362 g/mol. The van der Waals surface area contributed by atoms with Gasteiger partial charge < -0.3 is 5.32 Å². The molecule has 3 aromatic rings. The number of non-ortho nitro benzene ring substituents is 1. The van der Waals surface area contributed by atoms with Gasteiger partial charge in [0.25, 0.3) is 5.69 Å². The number of nitro groups is 1. The summed E-state index contributed by atoms with van der Waals surface area (Å²) in [5.41, 5.74) is 4.80. The Morgan fingerprint density at radius 1 is 1.00 bits per heavy atom. The summed E-state index contributed by atoms with van der Waals surface area (Å²) in [6.07, 6.45) is 0.647. The third-order valence-corrected chi connectivity index (χ3v) is 4.82. The number of hydrogen-bond acceptors (Lipinski definition) is 4. The van der Waals surface area contributed by atoms with Crippen LogP contribution in [-0.4, -0.2) is 10.6 Å². The number of rotatable bonds is 3. The predicted octanol–water partition coefficient (Wildman–Crippen LogP) is 5.93. The average Bonchev–Trinajstić information content (AvgIpc) is 2.88.